The lowest BCUT2D eigenvalue weighted by atomic mass is 10.2. The van der Waals surface area contributed by atoms with Crippen LogP contribution in [0.1, 0.15) is 28.1 Å². The highest BCUT2D eigenvalue weighted by Crippen LogP contribution is 2.22. The van der Waals surface area contributed by atoms with Crippen LogP contribution in [0.25, 0.3) is 0 Å². The van der Waals surface area contributed by atoms with Gasteiger partial charge < -0.3 is 20.7 Å². The van der Waals surface area contributed by atoms with Crippen LogP contribution in [-0.4, -0.2) is 37.6 Å². The highest BCUT2D eigenvalue weighted by molar-refractivity contribution is 7.14. The van der Waals surface area contributed by atoms with Gasteiger partial charge in [0.15, 0.2) is 6.54 Å². The average Bonchev–Trinajstić information content (AvgIpc) is 3.28. The molecule has 0 spiro atoms. The van der Waals surface area contributed by atoms with Crippen LogP contribution in [0, 0.1) is 0 Å². The van der Waals surface area contributed by atoms with Crippen molar-refractivity contribution >= 4 is 39.5 Å². The van der Waals surface area contributed by atoms with E-state index < -0.39 is 5.91 Å². The Labute approximate surface area is 154 Å². The number of thiophene rings is 2. The molecule has 1 saturated heterocycles. The van der Waals surface area contributed by atoms with E-state index in [1.54, 1.807) is 22.8 Å². The number of amides is 2. The van der Waals surface area contributed by atoms with Crippen LogP contribution in [0.15, 0.2) is 29.0 Å². The lowest BCUT2D eigenvalue weighted by molar-refractivity contribution is -0.908. The van der Waals surface area contributed by atoms with E-state index in [0.29, 0.717) is 17.1 Å². The predicted molar refractivity (Wildman–Crippen MR) is 99.2 cm³/mol. The van der Waals surface area contributed by atoms with Crippen molar-refractivity contribution in [3.63, 3.8) is 0 Å². The van der Waals surface area contributed by atoms with E-state index in [1.807, 2.05) is 11.4 Å². The van der Waals surface area contributed by atoms with E-state index in [2.05, 4.69) is 11.4 Å². The molecule has 4 N–H and O–H groups in total. The molecule has 2 aromatic rings. The summed E-state index contributed by atoms with van der Waals surface area (Å²) < 4.78 is 5.73. The van der Waals surface area contributed by atoms with Gasteiger partial charge >= 0.3 is 0 Å². The summed E-state index contributed by atoms with van der Waals surface area (Å²) in [5.74, 6) is -0.645. The molecule has 3 heterocycles. The highest BCUT2D eigenvalue weighted by atomic mass is 32.1. The van der Waals surface area contributed by atoms with E-state index >= 15 is 0 Å². The summed E-state index contributed by atoms with van der Waals surface area (Å²) in [6, 6.07) is 5.74. The Bertz CT molecular complexity index is 709. The van der Waals surface area contributed by atoms with E-state index in [9.17, 15) is 9.59 Å². The summed E-state index contributed by atoms with van der Waals surface area (Å²) in [5.41, 5.74) is 5.69. The summed E-state index contributed by atoms with van der Waals surface area (Å²) in [6.45, 7) is 2.73. The first-order valence-electron chi connectivity index (χ1n) is 8.26. The number of hydrogen-bond acceptors (Lipinski definition) is 5. The summed E-state index contributed by atoms with van der Waals surface area (Å²) in [6.07, 6.45) is 2.35. The Morgan fingerprint density at radius 2 is 2.20 bits per heavy atom. The fourth-order valence-electron chi connectivity index (χ4n) is 2.99. The first kappa shape index (κ1) is 18.1. The monoisotopic (exact) mass is 380 g/mol. The second kappa shape index (κ2) is 8.57. The van der Waals surface area contributed by atoms with Gasteiger partial charge in [-0.05, 0) is 35.7 Å². The number of primary amides is 1. The third kappa shape index (κ3) is 5.12. The van der Waals surface area contributed by atoms with Gasteiger partial charge in [-0.2, -0.15) is 0 Å². The molecule has 3 rings (SSSR count). The Kier molecular flexibility index (Phi) is 6.19. The number of hydrogen-bond donors (Lipinski definition) is 3. The minimum Gasteiger partial charge on any atom is -0.372 e. The molecular weight excluding hydrogens is 358 g/mol. The molecular formula is C17H22N3O3S2+. The van der Waals surface area contributed by atoms with Crippen molar-refractivity contribution in [2.75, 3.05) is 25.0 Å². The molecule has 25 heavy (non-hydrogen) atoms. The van der Waals surface area contributed by atoms with Crippen molar-refractivity contribution in [1.82, 2.24) is 0 Å². The molecule has 1 aliphatic heterocycles. The van der Waals surface area contributed by atoms with E-state index in [0.717, 1.165) is 37.4 Å². The first-order valence-corrected chi connectivity index (χ1v) is 10.0. The first-order chi connectivity index (χ1) is 12.1. The Balaban J connectivity index is 1.62. The number of rotatable bonds is 8. The van der Waals surface area contributed by atoms with Gasteiger partial charge in [0.1, 0.15) is 24.2 Å². The highest BCUT2D eigenvalue weighted by Gasteiger charge is 2.25. The van der Waals surface area contributed by atoms with Crippen LogP contribution in [0.4, 0.5) is 5.00 Å². The maximum atomic E-state index is 12.5. The molecule has 1 unspecified atom stereocenters. The van der Waals surface area contributed by atoms with Gasteiger partial charge in [0.2, 0.25) is 0 Å². The van der Waals surface area contributed by atoms with Crippen LogP contribution in [0.5, 0.6) is 0 Å². The number of nitrogens with one attached hydrogen (secondary N) is 2. The number of quaternary nitrogens is 1. The molecule has 8 heteroatoms. The topological polar surface area (TPSA) is 85.9 Å². The van der Waals surface area contributed by atoms with Crippen molar-refractivity contribution in [2.45, 2.75) is 25.5 Å². The number of ether oxygens (including phenoxy) is 1. The van der Waals surface area contributed by atoms with Crippen LogP contribution in [0.2, 0.25) is 0 Å². The lowest BCUT2D eigenvalue weighted by Crippen LogP contribution is -3.12. The largest absolute Gasteiger partial charge is 0.372 e. The zero-order chi connectivity index (χ0) is 17.6. The third-order valence-corrected chi connectivity index (χ3v) is 5.85. The SMILES string of the molecule is NC(=O)c1ccsc1NC(=O)C[NH+](Cc1cccs1)C[C@H]1CCCO1. The Morgan fingerprint density at radius 1 is 1.32 bits per heavy atom. The molecule has 1 fully saturated rings. The Morgan fingerprint density at radius 3 is 2.88 bits per heavy atom. The molecule has 0 radical (unpaired) electrons. The predicted octanol–water partition coefficient (Wildman–Crippen LogP) is 1.11. The smallest absolute Gasteiger partial charge is 0.280 e. The number of carbonyl (C=O) groups is 2. The fourth-order valence-corrected chi connectivity index (χ4v) is 4.58. The van der Waals surface area contributed by atoms with Crippen molar-refractivity contribution in [1.29, 1.82) is 0 Å². The van der Waals surface area contributed by atoms with Crippen LogP contribution in [-0.2, 0) is 16.1 Å². The van der Waals surface area contributed by atoms with Gasteiger partial charge in [0, 0.05) is 6.61 Å². The maximum absolute atomic E-state index is 12.5. The summed E-state index contributed by atoms with van der Waals surface area (Å²) in [7, 11) is 0. The second-order valence-electron chi connectivity index (χ2n) is 6.10. The lowest BCUT2D eigenvalue weighted by Gasteiger charge is -2.21. The average molecular weight is 381 g/mol. The molecule has 0 bridgehead atoms. The van der Waals surface area contributed by atoms with Crippen molar-refractivity contribution in [2.24, 2.45) is 5.73 Å². The van der Waals surface area contributed by atoms with Crippen molar-refractivity contribution in [3.05, 3.63) is 39.4 Å². The van der Waals surface area contributed by atoms with Crippen LogP contribution < -0.4 is 16.0 Å². The molecule has 0 aliphatic carbocycles. The van der Waals surface area contributed by atoms with Gasteiger partial charge in [-0.25, -0.2) is 0 Å². The van der Waals surface area contributed by atoms with E-state index in [4.69, 9.17) is 10.5 Å². The number of anilines is 1. The molecule has 1 aliphatic rings. The van der Waals surface area contributed by atoms with Gasteiger partial charge in [-0.3, -0.25) is 9.59 Å². The minimum atomic E-state index is -0.529. The van der Waals surface area contributed by atoms with Gasteiger partial charge in [-0.1, -0.05) is 6.07 Å². The van der Waals surface area contributed by atoms with Gasteiger partial charge in [0.25, 0.3) is 11.8 Å². The van der Waals surface area contributed by atoms with Crippen LogP contribution in [0.3, 0.4) is 0 Å². The molecule has 0 saturated carbocycles. The second-order valence-corrected chi connectivity index (χ2v) is 8.05. The molecule has 2 amide bonds. The molecule has 2 aromatic heterocycles. The van der Waals surface area contributed by atoms with E-state index in [-0.39, 0.29) is 12.0 Å². The molecule has 0 aromatic carbocycles. The van der Waals surface area contributed by atoms with Crippen LogP contribution >= 0.6 is 22.7 Å². The van der Waals surface area contributed by atoms with Gasteiger partial charge in [-0.15, -0.1) is 22.7 Å². The minimum absolute atomic E-state index is 0.116. The van der Waals surface area contributed by atoms with Gasteiger partial charge in [0.05, 0.1) is 10.4 Å². The third-order valence-electron chi connectivity index (χ3n) is 4.14. The number of carbonyl (C=O) groups excluding carboxylic acids is 2. The molecule has 134 valence electrons. The normalized spacial score (nSPS) is 18.2. The fraction of sp³-hybridized carbons (Fsp3) is 0.412. The molecule has 2 atom stereocenters. The zero-order valence-electron chi connectivity index (χ0n) is 13.8. The van der Waals surface area contributed by atoms with Crippen molar-refractivity contribution < 1.29 is 19.2 Å². The summed E-state index contributed by atoms with van der Waals surface area (Å²) in [4.78, 5) is 26.3. The molecule has 6 nitrogen and oxygen atoms in total. The maximum Gasteiger partial charge on any atom is 0.280 e. The summed E-state index contributed by atoms with van der Waals surface area (Å²) >= 11 is 3.00. The zero-order valence-corrected chi connectivity index (χ0v) is 15.5. The van der Waals surface area contributed by atoms with Crippen molar-refractivity contribution in [3.8, 4) is 0 Å². The summed E-state index contributed by atoms with van der Waals surface area (Å²) in [5, 5.41) is 7.14. The number of nitrogens with two attached hydrogens (primary N) is 1. The van der Waals surface area contributed by atoms with E-state index in [1.165, 1.54) is 16.2 Å². The quantitative estimate of drug-likeness (QED) is 0.641. The Hall–Kier alpha value is -1.74. The standard InChI is InChI=1S/C17H21N3O3S2/c18-16(22)14-5-8-25-17(14)19-15(21)11-20(9-12-3-1-6-23-12)10-13-4-2-7-24-13/h2,4-5,7-8,12H,1,3,6,9-11H2,(H2,18,22)(H,19,21)/p+1/t12-/m1/s1.